The first-order valence-electron chi connectivity index (χ1n) is 8.31. The summed E-state index contributed by atoms with van der Waals surface area (Å²) in [5, 5.41) is 2.96. The fourth-order valence-electron chi connectivity index (χ4n) is 2.62. The van der Waals surface area contributed by atoms with Crippen LogP contribution in [0.3, 0.4) is 0 Å². The predicted octanol–water partition coefficient (Wildman–Crippen LogP) is 3.40. The van der Waals surface area contributed by atoms with Crippen molar-refractivity contribution in [2.45, 2.75) is 31.7 Å². The summed E-state index contributed by atoms with van der Waals surface area (Å²) < 4.78 is 5.17. The number of methoxy groups -OCH3 is 1. The Kier molecular flexibility index (Phi) is 6.82. The van der Waals surface area contributed by atoms with Crippen LogP contribution in [0.15, 0.2) is 54.6 Å². The van der Waals surface area contributed by atoms with Crippen molar-refractivity contribution in [1.82, 2.24) is 5.32 Å². The molecule has 0 saturated heterocycles. The smallest absolute Gasteiger partial charge is 0.221 e. The second-order valence-corrected chi connectivity index (χ2v) is 6.03. The molecular formula is C20H26N2O2. The Morgan fingerprint density at radius 1 is 1.08 bits per heavy atom. The molecule has 2 aromatic rings. The van der Waals surface area contributed by atoms with E-state index in [1.165, 1.54) is 5.56 Å². The zero-order valence-electron chi connectivity index (χ0n) is 14.4. The lowest BCUT2D eigenvalue weighted by Gasteiger charge is -2.15. The van der Waals surface area contributed by atoms with E-state index >= 15 is 0 Å². The molecule has 0 bridgehead atoms. The Morgan fingerprint density at radius 3 is 2.38 bits per heavy atom. The number of rotatable bonds is 8. The average Bonchev–Trinajstić information content (AvgIpc) is 2.62. The van der Waals surface area contributed by atoms with Crippen LogP contribution >= 0.6 is 0 Å². The molecule has 4 heteroatoms. The van der Waals surface area contributed by atoms with E-state index in [0.717, 1.165) is 17.7 Å². The number of carbonyl (C=O) groups is 1. The van der Waals surface area contributed by atoms with Crippen molar-refractivity contribution in [3.8, 4) is 5.75 Å². The molecular weight excluding hydrogens is 300 g/mol. The molecule has 0 aliphatic carbocycles. The van der Waals surface area contributed by atoms with Gasteiger partial charge in [-0.25, -0.2) is 0 Å². The molecule has 1 amide bonds. The summed E-state index contributed by atoms with van der Waals surface area (Å²) in [6, 6.07) is 17.5. The van der Waals surface area contributed by atoms with Gasteiger partial charge in [-0.3, -0.25) is 4.79 Å². The fraction of sp³-hybridized carbons (Fsp3) is 0.350. The number of hydrogen-bond acceptors (Lipinski definition) is 3. The number of amides is 1. The van der Waals surface area contributed by atoms with Gasteiger partial charge in [0.05, 0.1) is 7.11 Å². The number of nitrogens with two attached hydrogens (primary N) is 1. The maximum absolute atomic E-state index is 12.0. The van der Waals surface area contributed by atoms with Crippen LogP contribution in [-0.4, -0.2) is 19.6 Å². The number of benzene rings is 2. The van der Waals surface area contributed by atoms with Crippen molar-refractivity contribution in [2.24, 2.45) is 5.73 Å². The summed E-state index contributed by atoms with van der Waals surface area (Å²) in [5.74, 6) is 1.22. The fourth-order valence-corrected chi connectivity index (χ4v) is 2.62. The molecule has 0 aliphatic heterocycles. The van der Waals surface area contributed by atoms with Crippen LogP contribution < -0.4 is 15.8 Å². The van der Waals surface area contributed by atoms with Crippen molar-refractivity contribution in [2.75, 3.05) is 13.7 Å². The molecule has 24 heavy (non-hydrogen) atoms. The van der Waals surface area contributed by atoms with Gasteiger partial charge in [0.25, 0.3) is 0 Å². The topological polar surface area (TPSA) is 64.3 Å². The Hall–Kier alpha value is -2.33. The minimum Gasteiger partial charge on any atom is -0.497 e. The maximum Gasteiger partial charge on any atom is 0.221 e. The van der Waals surface area contributed by atoms with Gasteiger partial charge in [-0.15, -0.1) is 0 Å². The van der Waals surface area contributed by atoms with Gasteiger partial charge in [0, 0.05) is 19.0 Å². The SMILES string of the molecule is COc1ccc(C(C)CCNC(=O)CC(N)c2ccccc2)cc1. The summed E-state index contributed by atoms with van der Waals surface area (Å²) in [4.78, 5) is 12.0. The molecule has 3 N–H and O–H groups in total. The van der Waals surface area contributed by atoms with Gasteiger partial charge >= 0.3 is 0 Å². The summed E-state index contributed by atoms with van der Waals surface area (Å²) in [6.07, 6.45) is 1.19. The van der Waals surface area contributed by atoms with E-state index in [2.05, 4.69) is 24.4 Å². The highest BCUT2D eigenvalue weighted by atomic mass is 16.5. The third kappa shape index (κ3) is 5.39. The minimum atomic E-state index is -0.259. The largest absolute Gasteiger partial charge is 0.497 e. The zero-order valence-corrected chi connectivity index (χ0v) is 14.4. The molecule has 0 saturated carbocycles. The van der Waals surface area contributed by atoms with Crippen LogP contribution in [0.1, 0.15) is 42.9 Å². The lowest BCUT2D eigenvalue weighted by molar-refractivity contribution is -0.121. The summed E-state index contributed by atoms with van der Waals surface area (Å²) in [7, 11) is 1.66. The molecule has 0 fully saturated rings. The highest BCUT2D eigenvalue weighted by Crippen LogP contribution is 2.21. The van der Waals surface area contributed by atoms with Gasteiger partial charge in [0.15, 0.2) is 0 Å². The third-order valence-corrected chi connectivity index (χ3v) is 4.22. The van der Waals surface area contributed by atoms with E-state index in [0.29, 0.717) is 18.9 Å². The molecule has 128 valence electrons. The van der Waals surface area contributed by atoms with E-state index in [1.54, 1.807) is 7.11 Å². The van der Waals surface area contributed by atoms with Crippen LogP contribution in [-0.2, 0) is 4.79 Å². The summed E-state index contributed by atoms with van der Waals surface area (Å²) in [6.45, 7) is 2.80. The van der Waals surface area contributed by atoms with Crippen molar-refractivity contribution in [1.29, 1.82) is 0 Å². The Morgan fingerprint density at radius 2 is 1.75 bits per heavy atom. The molecule has 4 nitrogen and oxygen atoms in total. The van der Waals surface area contributed by atoms with Crippen LogP contribution in [0.2, 0.25) is 0 Å². The molecule has 0 aliphatic rings. The quantitative estimate of drug-likeness (QED) is 0.781. The Balaban J connectivity index is 1.73. The highest BCUT2D eigenvalue weighted by molar-refractivity contribution is 5.76. The van der Waals surface area contributed by atoms with Crippen molar-refractivity contribution in [3.05, 3.63) is 65.7 Å². The number of carbonyl (C=O) groups excluding carboxylic acids is 1. The minimum absolute atomic E-state index is 0.00622. The van der Waals surface area contributed by atoms with Gasteiger partial charge in [-0.05, 0) is 35.6 Å². The second-order valence-electron chi connectivity index (χ2n) is 6.03. The van der Waals surface area contributed by atoms with Crippen molar-refractivity contribution < 1.29 is 9.53 Å². The zero-order chi connectivity index (χ0) is 17.4. The standard InChI is InChI=1S/C20H26N2O2/c1-15(16-8-10-18(24-2)11-9-16)12-13-22-20(23)14-19(21)17-6-4-3-5-7-17/h3-11,15,19H,12-14,21H2,1-2H3,(H,22,23). The molecule has 0 aromatic heterocycles. The predicted molar refractivity (Wildman–Crippen MR) is 97.0 cm³/mol. The molecule has 2 rings (SSSR count). The Bertz CT molecular complexity index is 626. The first kappa shape index (κ1) is 18.0. The number of hydrogen-bond donors (Lipinski definition) is 2. The van der Waals surface area contributed by atoms with Gasteiger partial charge in [-0.1, -0.05) is 49.4 Å². The normalized spacial score (nSPS) is 13.1. The lowest BCUT2D eigenvalue weighted by atomic mass is 9.97. The monoisotopic (exact) mass is 326 g/mol. The highest BCUT2D eigenvalue weighted by Gasteiger charge is 2.12. The van der Waals surface area contributed by atoms with Crippen LogP contribution in [0.4, 0.5) is 0 Å². The Labute approximate surface area is 144 Å². The number of ether oxygens (including phenoxy) is 1. The van der Waals surface area contributed by atoms with Crippen molar-refractivity contribution in [3.63, 3.8) is 0 Å². The molecule has 0 heterocycles. The lowest BCUT2D eigenvalue weighted by Crippen LogP contribution is -2.28. The average molecular weight is 326 g/mol. The van der Waals surface area contributed by atoms with E-state index in [1.807, 2.05) is 42.5 Å². The van der Waals surface area contributed by atoms with Crippen LogP contribution in [0.5, 0.6) is 5.75 Å². The van der Waals surface area contributed by atoms with E-state index in [9.17, 15) is 4.79 Å². The molecule has 2 unspecified atom stereocenters. The van der Waals surface area contributed by atoms with Crippen LogP contribution in [0, 0.1) is 0 Å². The molecule has 2 aromatic carbocycles. The molecule has 0 radical (unpaired) electrons. The molecule has 0 spiro atoms. The summed E-state index contributed by atoms with van der Waals surface area (Å²) in [5.41, 5.74) is 8.30. The first-order valence-corrected chi connectivity index (χ1v) is 8.31. The van der Waals surface area contributed by atoms with E-state index in [4.69, 9.17) is 10.5 Å². The maximum atomic E-state index is 12.0. The first-order chi connectivity index (χ1) is 11.6. The molecule has 2 atom stereocenters. The van der Waals surface area contributed by atoms with Gasteiger partial charge in [0.1, 0.15) is 5.75 Å². The third-order valence-electron chi connectivity index (χ3n) is 4.22. The van der Waals surface area contributed by atoms with Crippen molar-refractivity contribution >= 4 is 5.91 Å². The second kappa shape index (κ2) is 9.08. The van der Waals surface area contributed by atoms with Gasteiger partial charge in [-0.2, -0.15) is 0 Å². The van der Waals surface area contributed by atoms with Gasteiger partial charge in [0.2, 0.25) is 5.91 Å². The van der Waals surface area contributed by atoms with Gasteiger partial charge < -0.3 is 15.8 Å². The van der Waals surface area contributed by atoms with E-state index in [-0.39, 0.29) is 11.9 Å². The van der Waals surface area contributed by atoms with Crippen LogP contribution in [0.25, 0.3) is 0 Å². The number of nitrogens with one attached hydrogen (secondary N) is 1. The summed E-state index contributed by atoms with van der Waals surface area (Å²) >= 11 is 0. The van der Waals surface area contributed by atoms with E-state index < -0.39 is 0 Å².